The maximum absolute atomic E-state index is 11.8. The van der Waals surface area contributed by atoms with E-state index in [0.717, 1.165) is 13.4 Å². The van der Waals surface area contributed by atoms with Crippen molar-refractivity contribution in [3.8, 4) is 0 Å². The zero-order valence-electron chi connectivity index (χ0n) is 8.84. The van der Waals surface area contributed by atoms with Gasteiger partial charge in [0.15, 0.2) is 0 Å². The number of carbonyl (C=O) groups excluding carboxylic acids is 1. The first-order chi connectivity index (χ1) is 7.95. The van der Waals surface area contributed by atoms with Crippen LogP contribution in [0.4, 0.5) is 5.69 Å². The summed E-state index contributed by atoms with van der Waals surface area (Å²) in [5.74, 6) is -0.242. The van der Waals surface area contributed by atoms with Crippen LogP contribution in [0, 0.1) is 0 Å². The smallest absolute Gasteiger partial charge is 0.241 e. The first-order valence-corrected chi connectivity index (χ1v) is 7.15. The third-order valence-electron chi connectivity index (χ3n) is 2.01. The Labute approximate surface area is 125 Å². The second-order valence-corrected chi connectivity index (χ2v) is 5.99. The summed E-state index contributed by atoms with van der Waals surface area (Å²) in [5, 5.41) is 2.76. The van der Waals surface area contributed by atoms with E-state index in [1.54, 1.807) is 6.08 Å². The normalized spacial score (nSPS) is 12.0. The van der Waals surface area contributed by atoms with Gasteiger partial charge in [-0.15, -0.1) is 6.58 Å². The van der Waals surface area contributed by atoms with Crippen LogP contribution in [0.25, 0.3) is 0 Å². The molecular formula is C11H11Br3N2O. The molecule has 0 radical (unpaired) electrons. The highest BCUT2D eigenvalue weighted by molar-refractivity contribution is 9.11. The van der Waals surface area contributed by atoms with Crippen molar-refractivity contribution in [1.82, 2.24) is 0 Å². The number of amides is 1. The fourth-order valence-electron chi connectivity index (χ4n) is 1.16. The molecule has 1 amide bonds. The molecule has 0 aliphatic heterocycles. The highest BCUT2D eigenvalue weighted by atomic mass is 79.9. The molecule has 0 saturated carbocycles. The Hall–Kier alpha value is -0.170. The number of anilines is 1. The molecule has 3 N–H and O–H groups in total. The average Bonchev–Trinajstić information content (AvgIpc) is 2.23. The molecule has 0 aromatic heterocycles. The summed E-state index contributed by atoms with van der Waals surface area (Å²) in [6.07, 6.45) is 2.06. The van der Waals surface area contributed by atoms with Gasteiger partial charge in [-0.1, -0.05) is 22.0 Å². The Kier molecular flexibility index (Phi) is 5.85. The van der Waals surface area contributed by atoms with Crippen molar-refractivity contribution in [3.05, 3.63) is 38.2 Å². The van der Waals surface area contributed by atoms with Gasteiger partial charge in [-0.25, -0.2) is 0 Å². The van der Waals surface area contributed by atoms with Gasteiger partial charge in [-0.05, 0) is 50.4 Å². The van der Waals surface area contributed by atoms with Crippen LogP contribution >= 0.6 is 47.8 Å². The van der Waals surface area contributed by atoms with E-state index >= 15 is 0 Å². The van der Waals surface area contributed by atoms with Gasteiger partial charge >= 0.3 is 0 Å². The number of halogens is 3. The van der Waals surface area contributed by atoms with Gasteiger partial charge in [-0.2, -0.15) is 0 Å². The van der Waals surface area contributed by atoms with E-state index in [9.17, 15) is 4.79 Å². The van der Waals surface area contributed by atoms with E-state index in [2.05, 4.69) is 59.7 Å². The molecule has 0 fully saturated rings. The molecule has 0 bridgehead atoms. The minimum atomic E-state index is -0.588. The van der Waals surface area contributed by atoms with E-state index in [1.807, 2.05) is 12.1 Å². The molecule has 1 aromatic rings. The molecule has 3 nitrogen and oxygen atoms in total. The fraction of sp³-hybridized carbons (Fsp3) is 0.182. The van der Waals surface area contributed by atoms with Gasteiger partial charge in [0.2, 0.25) is 5.91 Å². The van der Waals surface area contributed by atoms with Crippen LogP contribution < -0.4 is 11.1 Å². The second kappa shape index (κ2) is 6.68. The standard InChI is InChI=1S/C11H11Br3N2O/c1-2-3-9(15)11(17)16-10-7(13)4-6(12)5-8(10)14/h2,4-5,9H,1,3,15H2,(H,16,17). The van der Waals surface area contributed by atoms with Crippen molar-refractivity contribution in [3.63, 3.8) is 0 Å². The van der Waals surface area contributed by atoms with Crippen molar-refractivity contribution in [2.75, 3.05) is 5.32 Å². The van der Waals surface area contributed by atoms with E-state index in [4.69, 9.17) is 5.73 Å². The third kappa shape index (κ3) is 4.21. The molecule has 0 aliphatic rings. The van der Waals surface area contributed by atoms with Crippen LogP contribution in [0.5, 0.6) is 0 Å². The molecule has 1 aromatic carbocycles. The lowest BCUT2D eigenvalue weighted by Gasteiger charge is -2.13. The van der Waals surface area contributed by atoms with Crippen molar-refractivity contribution in [2.24, 2.45) is 5.73 Å². The Morgan fingerprint density at radius 3 is 2.41 bits per heavy atom. The summed E-state index contributed by atoms with van der Waals surface area (Å²) < 4.78 is 2.46. The number of rotatable bonds is 4. The number of benzene rings is 1. The van der Waals surface area contributed by atoms with Gasteiger partial charge in [0.25, 0.3) is 0 Å². The Bertz CT molecular complexity index is 425. The minimum absolute atomic E-state index is 0.242. The predicted octanol–water partition coefficient (Wildman–Crippen LogP) is 3.82. The molecule has 6 heteroatoms. The summed E-state index contributed by atoms with van der Waals surface area (Å²) in [6, 6.07) is 3.11. The number of carbonyl (C=O) groups is 1. The zero-order valence-corrected chi connectivity index (χ0v) is 13.6. The van der Waals surface area contributed by atoms with Crippen LogP contribution in [0.2, 0.25) is 0 Å². The molecule has 0 heterocycles. The number of hydrogen-bond acceptors (Lipinski definition) is 2. The van der Waals surface area contributed by atoms with Gasteiger partial charge in [0, 0.05) is 13.4 Å². The topological polar surface area (TPSA) is 55.1 Å². The molecule has 92 valence electrons. The van der Waals surface area contributed by atoms with Crippen LogP contribution in [0.3, 0.4) is 0 Å². The van der Waals surface area contributed by atoms with Crippen LogP contribution in [0.1, 0.15) is 6.42 Å². The fourth-order valence-corrected chi connectivity index (χ4v) is 3.62. The highest BCUT2D eigenvalue weighted by Gasteiger charge is 2.15. The molecule has 0 spiro atoms. The molecular weight excluding hydrogens is 416 g/mol. The van der Waals surface area contributed by atoms with Gasteiger partial charge in [0.05, 0.1) is 11.7 Å². The van der Waals surface area contributed by atoms with Crippen molar-refractivity contribution in [2.45, 2.75) is 12.5 Å². The summed E-state index contributed by atoms with van der Waals surface area (Å²) in [6.45, 7) is 3.55. The second-order valence-electron chi connectivity index (χ2n) is 3.36. The quantitative estimate of drug-likeness (QED) is 0.719. The molecule has 1 atom stereocenters. The van der Waals surface area contributed by atoms with Crippen LogP contribution in [-0.4, -0.2) is 11.9 Å². The lowest BCUT2D eigenvalue weighted by Crippen LogP contribution is -2.35. The zero-order chi connectivity index (χ0) is 13.0. The Morgan fingerprint density at radius 2 is 1.94 bits per heavy atom. The molecule has 1 rings (SSSR count). The number of nitrogens with two attached hydrogens (primary N) is 1. The Balaban J connectivity index is 2.88. The van der Waals surface area contributed by atoms with Crippen LogP contribution in [-0.2, 0) is 4.79 Å². The number of nitrogens with one attached hydrogen (secondary N) is 1. The van der Waals surface area contributed by atoms with Crippen LogP contribution in [0.15, 0.2) is 38.2 Å². The van der Waals surface area contributed by atoms with Crippen molar-refractivity contribution < 1.29 is 4.79 Å². The minimum Gasteiger partial charge on any atom is -0.323 e. The lowest BCUT2D eigenvalue weighted by atomic mass is 10.2. The van der Waals surface area contributed by atoms with Gasteiger partial charge < -0.3 is 11.1 Å². The van der Waals surface area contributed by atoms with E-state index in [-0.39, 0.29) is 5.91 Å². The predicted molar refractivity (Wildman–Crippen MR) is 81.0 cm³/mol. The summed E-state index contributed by atoms with van der Waals surface area (Å²) in [5.41, 5.74) is 6.35. The summed E-state index contributed by atoms with van der Waals surface area (Å²) >= 11 is 10.1. The molecule has 1 unspecified atom stereocenters. The SMILES string of the molecule is C=CCC(N)C(=O)Nc1c(Br)cc(Br)cc1Br. The first-order valence-electron chi connectivity index (χ1n) is 4.77. The number of hydrogen-bond donors (Lipinski definition) is 2. The lowest BCUT2D eigenvalue weighted by molar-refractivity contribution is -0.117. The monoisotopic (exact) mass is 424 g/mol. The average molecular weight is 427 g/mol. The van der Waals surface area contributed by atoms with E-state index < -0.39 is 6.04 Å². The largest absolute Gasteiger partial charge is 0.323 e. The summed E-state index contributed by atoms with van der Waals surface area (Å²) in [7, 11) is 0. The first kappa shape index (κ1) is 14.9. The van der Waals surface area contributed by atoms with E-state index in [1.165, 1.54) is 0 Å². The van der Waals surface area contributed by atoms with Gasteiger partial charge in [0.1, 0.15) is 0 Å². The molecule has 0 saturated heterocycles. The van der Waals surface area contributed by atoms with Crippen molar-refractivity contribution >= 4 is 59.4 Å². The molecule has 0 aliphatic carbocycles. The maximum Gasteiger partial charge on any atom is 0.241 e. The Morgan fingerprint density at radius 1 is 1.41 bits per heavy atom. The van der Waals surface area contributed by atoms with E-state index in [0.29, 0.717) is 12.1 Å². The third-order valence-corrected chi connectivity index (χ3v) is 3.72. The maximum atomic E-state index is 11.8. The highest BCUT2D eigenvalue weighted by Crippen LogP contribution is 2.34. The van der Waals surface area contributed by atoms with Gasteiger partial charge in [-0.3, -0.25) is 4.79 Å². The van der Waals surface area contributed by atoms with Crippen molar-refractivity contribution in [1.29, 1.82) is 0 Å². The molecule has 17 heavy (non-hydrogen) atoms. The summed E-state index contributed by atoms with van der Waals surface area (Å²) in [4.78, 5) is 11.8.